The number of rotatable bonds is 7. The van der Waals surface area contributed by atoms with Gasteiger partial charge in [0.2, 0.25) is 11.8 Å². The quantitative estimate of drug-likeness (QED) is 0.804. The molecule has 0 unspecified atom stereocenters. The molecule has 0 saturated carbocycles. The van der Waals surface area contributed by atoms with E-state index in [1.165, 1.54) is 0 Å². The standard InChI is InChI=1S/C14H16N2O4/c17-13(15-9-11-3-1-7-19-11)5-6-14(18)16-10-12-4-2-8-20-12/h1-4,7-8H,5-6,9-10H2,(H,15,17)(H,16,18). The van der Waals surface area contributed by atoms with Gasteiger partial charge >= 0.3 is 0 Å². The molecule has 0 bridgehead atoms. The molecule has 2 amide bonds. The summed E-state index contributed by atoms with van der Waals surface area (Å²) < 4.78 is 10.2. The van der Waals surface area contributed by atoms with Gasteiger partial charge in [-0.2, -0.15) is 0 Å². The Kier molecular flexibility index (Phi) is 5.00. The van der Waals surface area contributed by atoms with Gasteiger partial charge in [-0.05, 0) is 24.3 Å². The summed E-state index contributed by atoms with van der Waals surface area (Å²) in [5, 5.41) is 5.36. The summed E-state index contributed by atoms with van der Waals surface area (Å²) >= 11 is 0. The number of furan rings is 2. The molecule has 6 heteroatoms. The number of nitrogens with one attached hydrogen (secondary N) is 2. The maximum absolute atomic E-state index is 11.5. The topological polar surface area (TPSA) is 84.5 Å². The zero-order chi connectivity index (χ0) is 14.2. The molecule has 106 valence electrons. The van der Waals surface area contributed by atoms with Crippen molar-refractivity contribution in [2.75, 3.05) is 0 Å². The Morgan fingerprint density at radius 3 is 1.65 bits per heavy atom. The minimum atomic E-state index is -0.186. The SMILES string of the molecule is O=C(CCC(=O)NCc1ccco1)NCc1ccco1. The van der Waals surface area contributed by atoms with Crippen LogP contribution in [0.4, 0.5) is 0 Å². The van der Waals surface area contributed by atoms with Crippen LogP contribution in [0.25, 0.3) is 0 Å². The first-order chi connectivity index (χ1) is 9.74. The van der Waals surface area contributed by atoms with Crippen LogP contribution in [-0.2, 0) is 22.7 Å². The van der Waals surface area contributed by atoms with Crippen molar-refractivity contribution >= 4 is 11.8 Å². The van der Waals surface area contributed by atoms with Gasteiger partial charge in [-0.3, -0.25) is 9.59 Å². The minimum Gasteiger partial charge on any atom is -0.467 e. The van der Waals surface area contributed by atoms with E-state index in [1.54, 1.807) is 36.8 Å². The summed E-state index contributed by atoms with van der Waals surface area (Å²) in [4.78, 5) is 23.0. The summed E-state index contributed by atoms with van der Waals surface area (Å²) in [6, 6.07) is 7.06. The van der Waals surface area contributed by atoms with Crippen molar-refractivity contribution in [1.29, 1.82) is 0 Å². The fraction of sp³-hybridized carbons (Fsp3) is 0.286. The van der Waals surface area contributed by atoms with Gasteiger partial charge in [-0.15, -0.1) is 0 Å². The first kappa shape index (κ1) is 13.9. The van der Waals surface area contributed by atoms with Crippen LogP contribution in [-0.4, -0.2) is 11.8 Å². The first-order valence-electron chi connectivity index (χ1n) is 6.32. The molecular weight excluding hydrogens is 260 g/mol. The minimum absolute atomic E-state index is 0.144. The molecule has 0 saturated heterocycles. The molecule has 2 N–H and O–H groups in total. The Hall–Kier alpha value is -2.50. The molecule has 0 atom stereocenters. The van der Waals surface area contributed by atoms with Crippen molar-refractivity contribution < 1.29 is 18.4 Å². The Labute approximate surface area is 116 Å². The van der Waals surface area contributed by atoms with E-state index in [-0.39, 0.29) is 24.7 Å². The zero-order valence-corrected chi connectivity index (χ0v) is 10.9. The van der Waals surface area contributed by atoms with Crippen LogP contribution in [0.3, 0.4) is 0 Å². The van der Waals surface area contributed by atoms with Gasteiger partial charge in [0.25, 0.3) is 0 Å². The highest BCUT2D eigenvalue weighted by Gasteiger charge is 2.07. The van der Waals surface area contributed by atoms with Crippen LogP contribution in [0, 0.1) is 0 Å². The predicted molar refractivity (Wildman–Crippen MR) is 70.3 cm³/mol. The average molecular weight is 276 g/mol. The van der Waals surface area contributed by atoms with Gasteiger partial charge in [-0.25, -0.2) is 0 Å². The first-order valence-corrected chi connectivity index (χ1v) is 6.32. The smallest absolute Gasteiger partial charge is 0.220 e. The van der Waals surface area contributed by atoms with E-state index >= 15 is 0 Å². The zero-order valence-electron chi connectivity index (χ0n) is 10.9. The maximum atomic E-state index is 11.5. The second-order valence-electron chi connectivity index (χ2n) is 4.21. The summed E-state index contributed by atoms with van der Waals surface area (Å²) in [6.45, 7) is 0.666. The lowest BCUT2D eigenvalue weighted by Gasteiger charge is -2.04. The molecule has 0 aliphatic heterocycles. The van der Waals surface area contributed by atoms with Crippen molar-refractivity contribution in [3.05, 3.63) is 48.3 Å². The van der Waals surface area contributed by atoms with Crippen molar-refractivity contribution in [2.45, 2.75) is 25.9 Å². The highest BCUT2D eigenvalue weighted by atomic mass is 16.3. The summed E-state index contributed by atoms with van der Waals surface area (Å²) in [6.07, 6.45) is 3.38. The largest absolute Gasteiger partial charge is 0.467 e. The molecule has 2 heterocycles. The third-order valence-corrected chi connectivity index (χ3v) is 2.66. The monoisotopic (exact) mass is 276 g/mol. The van der Waals surface area contributed by atoms with Crippen LogP contribution in [0.2, 0.25) is 0 Å². The van der Waals surface area contributed by atoms with Gasteiger partial charge in [0.1, 0.15) is 11.5 Å². The van der Waals surface area contributed by atoms with Crippen LogP contribution in [0.5, 0.6) is 0 Å². The molecule has 6 nitrogen and oxygen atoms in total. The van der Waals surface area contributed by atoms with Crippen molar-refractivity contribution in [3.8, 4) is 0 Å². The van der Waals surface area contributed by atoms with Crippen LogP contribution in [0.1, 0.15) is 24.4 Å². The van der Waals surface area contributed by atoms with E-state index < -0.39 is 0 Å². The summed E-state index contributed by atoms with van der Waals surface area (Å²) in [5.74, 6) is 0.991. The lowest BCUT2D eigenvalue weighted by Crippen LogP contribution is -2.27. The van der Waals surface area contributed by atoms with E-state index in [4.69, 9.17) is 8.83 Å². The van der Waals surface area contributed by atoms with Gasteiger partial charge in [0.15, 0.2) is 0 Å². The Morgan fingerprint density at radius 1 is 0.850 bits per heavy atom. The van der Waals surface area contributed by atoms with Crippen molar-refractivity contribution in [1.82, 2.24) is 10.6 Å². The fourth-order valence-electron chi connectivity index (χ4n) is 1.60. The third-order valence-electron chi connectivity index (χ3n) is 2.66. The second kappa shape index (κ2) is 7.18. The molecule has 0 aliphatic rings. The molecule has 0 aliphatic carbocycles. The van der Waals surface area contributed by atoms with Crippen LogP contribution >= 0.6 is 0 Å². The van der Waals surface area contributed by atoms with Crippen molar-refractivity contribution in [2.24, 2.45) is 0 Å². The Balaban J connectivity index is 1.59. The van der Waals surface area contributed by atoms with E-state index in [0.29, 0.717) is 24.6 Å². The number of amides is 2. The van der Waals surface area contributed by atoms with Crippen LogP contribution < -0.4 is 10.6 Å². The number of hydrogen-bond acceptors (Lipinski definition) is 4. The molecule has 2 aromatic rings. The summed E-state index contributed by atoms with van der Waals surface area (Å²) in [7, 11) is 0. The molecule has 0 radical (unpaired) electrons. The summed E-state index contributed by atoms with van der Waals surface area (Å²) in [5.41, 5.74) is 0. The van der Waals surface area contributed by atoms with Crippen molar-refractivity contribution in [3.63, 3.8) is 0 Å². The number of carbonyl (C=O) groups is 2. The van der Waals surface area contributed by atoms with Gasteiger partial charge < -0.3 is 19.5 Å². The lowest BCUT2D eigenvalue weighted by atomic mass is 10.2. The van der Waals surface area contributed by atoms with Gasteiger partial charge in [-0.1, -0.05) is 0 Å². The van der Waals surface area contributed by atoms with E-state index in [2.05, 4.69) is 10.6 Å². The van der Waals surface area contributed by atoms with Crippen LogP contribution in [0.15, 0.2) is 45.6 Å². The molecule has 20 heavy (non-hydrogen) atoms. The number of carbonyl (C=O) groups excluding carboxylic acids is 2. The molecule has 0 spiro atoms. The highest BCUT2D eigenvalue weighted by Crippen LogP contribution is 2.00. The molecule has 2 aromatic heterocycles. The fourth-order valence-corrected chi connectivity index (χ4v) is 1.60. The Morgan fingerprint density at radius 2 is 1.30 bits per heavy atom. The molecule has 0 aromatic carbocycles. The second-order valence-corrected chi connectivity index (χ2v) is 4.21. The third kappa shape index (κ3) is 4.64. The Bertz CT molecular complexity index is 481. The molecule has 2 rings (SSSR count). The molecule has 0 fully saturated rings. The molecular formula is C14H16N2O4. The van der Waals surface area contributed by atoms with E-state index in [0.717, 1.165) is 0 Å². The van der Waals surface area contributed by atoms with E-state index in [9.17, 15) is 9.59 Å². The predicted octanol–water partition coefficient (Wildman–Crippen LogP) is 1.59. The normalized spacial score (nSPS) is 10.2. The van der Waals surface area contributed by atoms with Gasteiger partial charge in [0.05, 0.1) is 25.6 Å². The average Bonchev–Trinajstić information content (AvgIpc) is 3.13. The maximum Gasteiger partial charge on any atom is 0.220 e. The highest BCUT2D eigenvalue weighted by molar-refractivity contribution is 5.83. The number of hydrogen-bond donors (Lipinski definition) is 2. The lowest BCUT2D eigenvalue weighted by molar-refractivity contribution is -0.126. The van der Waals surface area contributed by atoms with E-state index in [1.807, 2.05) is 0 Å². The van der Waals surface area contributed by atoms with Gasteiger partial charge in [0, 0.05) is 12.8 Å².